The average Bonchev–Trinajstić information content (AvgIpc) is 2.55. The van der Waals surface area contributed by atoms with Gasteiger partial charge < -0.3 is 20.7 Å². The molecule has 1 saturated heterocycles. The van der Waals surface area contributed by atoms with Crippen LogP contribution in [0.3, 0.4) is 0 Å². The predicted octanol–water partition coefficient (Wildman–Crippen LogP) is 2.10. The second-order valence-electron chi connectivity index (χ2n) is 6.44. The Hall–Kier alpha value is -0.920. The van der Waals surface area contributed by atoms with Gasteiger partial charge in [-0.15, -0.1) is 24.8 Å². The smallest absolute Gasteiger partial charge is 0.227 e. The van der Waals surface area contributed by atoms with Gasteiger partial charge in [0.05, 0.1) is 5.41 Å². The van der Waals surface area contributed by atoms with E-state index in [1.807, 2.05) is 19.0 Å². The van der Waals surface area contributed by atoms with Crippen molar-refractivity contribution in [2.75, 3.05) is 33.9 Å². The molecular formula is C17H28Cl2FN3O2. The number of hydrogen-bond acceptors (Lipinski definition) is 4. The first-order chi connectivity index (χ1) is 11.0. The fourth-order valence-electron chi connectivity index (χ4n) is 2.86. The summed E-state index contributed by atoms with van der Waals surface area (Å²) in [5, 5.41) is 2.95. The van der Waals surface area contributed by atoms with Crippen LogP contribution in [-0.2, 0) is 22.6 Å². The number of hydrogen-bond donors (Lipinski definition) is 2. The maximum Gasteiger partial charge on any atom is 0.227 e. The number of amides is 1. The molecule has 1 amide bonds. The van der Waals surface area contributed by atoms with Gasteiger partial charge in [-0.05, 0) is 44.6 Å². The van der Waals surface area contributed by atoms with Crippen LogP contribution in [0, 0.1) is 11.2 Å². The van der Waals surface area contributed by atoms with Gasteiger partial charge in [0, 0.05) is 38.4 Å². The first-order valence-corrected chi connectivity index (χ1v) is 7.95. The van der Waals surface area contributed by atoms with E-state index >= 15 is 0 Å². The number of carbonyl (C=O) groups excluding carboxylic acids is 1. The summed E-state index contributed by atoms with van der Waals surface area (Å²) >= 11 is 0. The van der Waals surface area contributed by atoms with Gasteiger partial charge in [-0.1, -0.05) is 6.07 Å². The average molecular weight is 396 g/mol. The molecule has 0 unspecified atom stereocenters. The second kappa shape index (κ2) is 10.9. The summed E-state index contributed by atoms with van der Waals surface area (Å²) < 4.78 is 19.1. The third-order valence-electron chi connectivity index (χ3n) is 4.37. The van der Waals surface area contributed by atoms with Crippen LogP contribution in [0.5, 0.6) is 0 Å². The molecule has 1 aromatic carbocycles. The lowest BCUT2D eigenvalue weighted by atomic mass is 9.79. The molecule has 0 atom stereocenters. The fraction of sp³-hybridized carbons (Fsp3) is 0.588. The Labute approximate surface area is 161 Å². The number of halogens is 3. The second-order valence-corrected chi connectivity index (χ2v) is 6.44. The molecule has 0 spiro atoms. The molecule has 1 fully saturated rings. The van der Waals surface area contributed by atoms with Crippen LogP contribution in [0.4, 0.5) is 4.39 Å². The molecule has 0 aliphatic carbocycles. The molecule has 1 aliphatic heterocycles. The summed E-state index contributed by atoms with van der Waals surface area (Å²) in [5.74, 6) is -0.265. The van der Waals surface area contributed by atoms with E-state index in [1.54, 1.807) is 12.1 Å². The molecule has 144 valence electrons. The highest BCUT2D eigenvalue weighted by Gasteiger charge is 2.38. The number of nitrogens with two attached hydrogens (primary N) is 1. The van der Waals surface area contributed by atoms with E-state index < -0.39 is 5.41 Å². The summed E-state index contributed by atoms with van der Waals surface area (Å²) in [6.07, 6.45) is 1.29. The minimum atomic E-state index is -0.537. The zero-order valence-corrected chi connectivity index (χ0v) is 16.4. The third kappa shape index (κ3) is 6.38. The van der Waals surface area contributed by atoms with Crippen molar-refractivity contribution in [3.63, 3.8) is 0 Å². The minimum absolute atomic E-state index is 0. The van der Waals surface area contributed by atoms with Gasteiger partial charge in [0.15, 0.2) is 0 Å². The lowest BCUT2D eigenvalue weighted by Crippen LogP contribution is -2.48. The lowest BCUT2D eigenvalue weighted by Gasteiger charge is -2.34. The molecule has 1 heterocycles. The van der Waals surface area contributed by atoms with E-state index in [4.69, 9.17) is 10.5 Å². The van der Waals surface area contributed by atoms with Gasteiger partial charge in [0.1, 0.15) is 5.82 Å². The molecule has 0 radical (unpaired) electrons. The Morgan fingerprint density at radius 2 is 1.96 bits per heavy atom. The molecule has 0 saturated carbocycles. The number of nitrogens with zero attached hydrogens (tertiary/aromatic N) is 1. The summed E-state index contributed by atoms with van der Waals surface area (Å²) in [6, 6.07) is 4.95. The van der Waals surface area contributed by atoms with Crippen molar-refractivity contribution in [1.29, 1.82) is 0 Å². The SMILES string of the molecule is CN(C)Cc1cc(CNC(=O)C2(CN)CCOCC2)ccc1F.Cl.Cl. The first kappa shape index (κ1) is 24.1. The van der Waals surface area contributed by atoms with E-state index in [0.29, 0.717) is 51.3 Å². The van der Waals surface area contributed by atoms with Crippen molar-refractivity contribution >= 4 is 30.7 Å². The van der Waals surface area contributed by atoms with Crippen LogP contribution < -0.4 is 11.1 Å². The summed E-state index contributed by atoms with van der Waals surface area (Å²) in [7, 11) is 3.79. The maximum absolute atomic E-state index is 13.8. The Morgan fingerprint density at radius 3 is 2.52 bits per heavy atom. The first-order valence-electron chi connectivity index (χ1n) is 7.95. The molecule has 2 rings (SSSR count). The number of rotatable bonds is 6. The lowest BCUT2D eigenvalue weighted by molar-refractivity contribution is -0.136. The van der Waals surface area contributed by atoms with E-state index in [-0.39, 0.29) is 36.5 Å². The number of carbonyl (C=O) groups is 1. The van der Waals surface area contributed by atoms with E-state index in [1.165, 1.54) is 6.07 Å². The molecule has 0 bridgehead atoms. The molecule has 25 heavy (non-hydrogen) atoms. The molecule has 0 aromatic heterocycles. The van der Waals surface area contributed by atoms with Gasteiger partial charge in [0.25, 0.3) is 0 Å². The molecule has 3 N–H and O–H groups in total. The Bertz CT molecular complexity index is 553. The summed E-state index contributed by atoms with van der Waals surface area (Å²) in [6.45, 7) is 2.35. The Morgan fingerprint density at radius 1 is 1.32 bits per heavy atom. The van der Waals surface area contributed by atoms with E-state index in [9.17, 15) is 9.18 Å². The number of ether oxygens (including phenoxy) is 1. The molecular weight excluding hydrogens is 368 g/mol. The maximum atomic E-state index is 13.8. The predicted molar refractivity (Wildman–Crippen MR) is 102 cm³/mol. The van der Waals surface area contributed by atoms with Crippen LogP contribution in [0.25, 0.3) is 0 Å². The van der Waals surface area contributed by atoms with Crippen molar-refractivity contribution in [2.45, 2.75) is 25.9 Å². The third-order valence-corrected chi connectivity index (χ3v) is 4.37. The van der Waals surface area contributed by atoms with E-state index in [2.05, 4.69) is 5.32 Å². The van der Waals surface area contributed by atoms with Gasteiger partial charge in [-0.2, -0.15) is 0 Å². The highest BCUT2D eigenvalue weighted by atomic mass is 35.5. The van der Waals surface area contributed by atoms with Crippen molar-refractivity contribution < 1.29 is 13.9 Å². The van der Waals surface area contributed by atoms with Crippen LogP contribution in [-0.4, -0.2) is 44.7 Å². The van der Waals surface area contributed by atoms with Crippen molar-refractivity contribution in [1.82, 2.24) is 10.2 Å². The van der Waals surface area contributed by atoms with Gasteiger partial charge in [-0.3, -0.25) is 4.79 Å². The molecule has 1 aliphatic rings. The summed E-state index contributed by atoms with van der Waals surface area (Å²) in [5.41, 5.74) is 6.81. The molecule has 5 nitrogen and oxygen atoms in total. The van der Waals surface area contributed by atoms with Crippen LogP contribution >= 0.6 is 24.8 Å². The molecule has 1 aromatic rings. The molecule has 8 heteroatoms. The fourth-order valence-corrected chi connectivity index (χ4v) is 2.86. The quantitative estimate of drug-likeness (QED) is 0.773. The van der Waals surface area contributed by atoms with Gasteiger partial charge >= 0.3 is 0 Å². The standard InChI is InChI=1S/C17H26FN3O2.2ClH/c1-21(2)11-14-9-13(3-4-15(14)18)10-20-16(22)17(12-19)5-7-23-8-6-17;;/h3-4,9H,5-8,10-12,19H2,1-2H3,(H,20,22);2*1H. The van der Waals surface area contributed by atoms with Gasteiger partial charge in [0.2, 0.25) is 5.91 Å². The van der Waals surface area contributed by atoms with Gasteiger partial charge in [-0.25, -0.2) is 4.39 Å². The van der Waals surface area contributed by atoms with Crippen molar-refractivity contribution in [2.24, 2.45) is 11.1 Å². The zero-order valence-electron chi connectivity index (χ0n) is 14.7. The number of nitrogens with one attached hydrogen (secondary N) is 1. The summed E-state index contributed by atoms with van der Waals surface area (Å²) in [4.78, 5) is 14.4. The van der Waals surface area contributed by atoms with Crippen molar-refractivity contribution in [3.8, 4) is 0 Å². The Kier molecular flexibility index (Phi) is 10.5. The number of benzene rings is 1. The van der Waals surface area contributed by atoms with Crippen LogP contribution in [0.2, 0.25) is 0 Å². The highest BCUT2D eigenvalue weighted by molar-refractivity contribution is 5.85. The monoisotopic (exact) mass is 395 g/mol. The van der Waals surface area contributed by atoms with Crippen LogP contribution in [0.15, 0.2) is 18.2 Å². The van der Waals surface area contributed by atoms with Crippen LogP contribution in [0.1, 0.15) is 24.0 Å². The zero-order chi connectivity index (χ0) is 16.9. The Balaban J connectivity index is 0.00000288. The van der Waals surface area contributed by atoms with Crippen molar-refractivity contribution in [3.05, 3.63) is 35.1 Å². The highest BCUT2D eigenvalue weighted by Crippen LogP contribution is 2.29. The van der Waals surface area contributed by atoms with E-state index in [0.717, 1.165) is 5.56 Å². The minimum Gasteiger partial charge on any atom is -0.381 e. The topological polar surface area (TPSA) is 67.6 Å². The largest absolute Gasteiger partial charge is 0.381 e. The normalized spacial score (nSPS) is 15.9.